The molecule has 0 aromatic heterocycles. The molecule has 18 heavy (non-hydrogen) atoms. The van der Waals surface area contributed by atoms with E-state index in [1.54, 1.807) is 9.80 Å². The predicted molar refractivity (Wildman–Crippen MR) is 66.3 cm³/mol. The van der Waals surface area contributed by atoms with Gasteiger partial charge < -0.3 is 20.4 Å². The van der Waals surface area contributed by atoms with Crippen LogP contribution >= 0.6 is 0 Å². The minimum Gasteiger partial charge on any atom is -0.335 e. The second kappa shape index (κ2) is 4.66. The molecule has 3 fully saturated rings. The van der Waals surface area contributed by atoms with Crippen molar-refractivity contribution in [3.8, 4) is 0 Å². The van der Waals surface area contributed by atoms with Gasteiger partial charge in [0.2, 0.25) is 0 Å². The monoisotopic (exact) mass is 252 g/mol. The van der Waals surface area contributed by atoms with Crippen molar-refractivity contribution < 1.29 is 9.59 Å². The van der Waals surface area contributed by atoms with Crippen LogP contribution in [0.4, 0.5) is 9.59 Å². The maximum absolute atomic E-state index is 11.6. The van der Waals surface area contributed by atoms with Crippen LogP contribution in [-0.4, -0.2) is 60.1 Å². The normalized spacial score (nSPS) is 29.8. The Morgan fingerprint density at radius 1 is 0.722 bits per heavy atom. The summed E-state index contributed by atoms with van der Waals surface area (Å²) in [5.41, 5.74) is 0. The van der Waals surface area contributed by atoms with E-state index in [1.165, 1.54) is 0 Å². The average Bonchev–Trinajstić information content (AvgIpc) is 3.22. The van der Waals surface area contributed by atoms with E-state index in [0.29, 0.717) is 0 Å². The SMILES string of the molecule is O=C(NC1CCC(NC(=O)N2CC2)CC1)N1CC1. The minimum absolute atomic E-state index is 0.0755. The van der Waals surface area contributed by atoms with E-state index in [-0.39, 0.29) is 24.1 Å². The van der Waals surface area contributed by atoms with E-state index >= 15 is 0 Å². The summed E-state index contributed by atoms with van der Waals surface area (Å²) in [7, 11) is 0. The first-order chi connectivity index (χ1) is 8.72. The third-order valence-corrected chi connectivity index (χ3v) is 3.85. The van der Waals surface area contributed by atoms with Gasteiger partial charge in [-0.05, 0) is 25.7 Å². The lowest BCUT2D eigenvalue weighted by Gasteiger charge is -2.29. The molecule has 2 N–H and O–H groups in total. The van der Waals surface area contributed by atoms with Gasteiger partial charge in [0.05, 0.1) is 0 Å². The molecular weight excluding hydrogens is 232 g/mol. The first-order valence-corrected chi connectivity index (χ1v) is 6.83. The summed E-state index contributed by atoms with van der Waals surface area (Å²) in [6.45, 7) is 3.58. The maximum Gasteiger partial charge on any atom is 0.317 e. The van der Waals surface area contributed by atoms with Gasteiger partial charge in [0.1, 0.15) is 0 Å². The molecule has 3 aliphatic rings. The largest absolute Gasteiger partial charge is 0.335 e. The Labute approximate surface area is 107 Å². The molecular formula is C12H20N4O2. The van der Waals surface area contributed by atoms with Crippen LogP contribution in [0.15, 0.2) is 0 Å². The Morgan fingerprint density at radius 3 is 1.33 bits per heavy atom. The zero-order valence-corrected chi connectivity index (χ0v) is 10.5. The van der Waals surface area contributed by atoms with Crippen molar-refractivity contribution in [3.05, 3.63) is 0 Å². The Kier molecular flexibility index (Phi) is 3.01. The second-order valence-electron chi connectivity index (χ2n) is 5.42. The molecule has 2 heterocycles. The molecule has 6 nitrogen and oxygen atoms in total. The Hall–Kier alpha value is -1.46. The number of nitrogens with one attached hydrogen (secondary N) is 2. The number of carbonyl (C=O) groups is 2. The molecule has 3 rings (SSSR count). The van der Waals surface area contributed by atoms with Gasteiger partial charge >= 0.3 is 12.1 Å². The fourth-order valence-electron chi connectivity index (χ4n) is 2.42. The topological polar surface area (TPSA) is 64.2 Å². The Morgan fingerprint density at radius 2 is 1.06 bits per heavy atom. The van der Waals surface area contributed by atoms with Crippen molar-refractivity contribution in [1.82, 2.24) is 20.4 Å². The summed E-state index contributed by atoms with van der Waals surface area (Å²) in [6, 6.07) is 0.720. The Bertz CT molecular complexity index is 310. The number of hydrogen-bond donors (Lipinski definition) is 2. The van der Waals surface area contributed by atoms with E-state index in [4.69, 9.17) is 0 Å². The molecule has 0 radical (unpaired) electrons. The van der Waals surface area contributed by atoms with Crippen LogP contribution in [0.3, 0.4) is 0 Å². The number of carbonyl (C=O) groups excluding carboxylic acids is 2. The van der Waals surface area contributed by atoms with Crippen molar-refractivity contribution in [2.24, 2.45) is 0 Å². The zero-order chi connectivity index (χ0) is 12.5. The van der Waals surface area contributed by atoms with E-state index in [2.05, 4.69) is 10.6 Å². The van der Waals surface area contributed by atoms with Crippen molar-refractivity contribution in [2.75, 3.05) is 26.2 Å². The number of urea groups is 2. The summed E-state index contributed by atoms with van der Waals surface area (Å²) in [6.07, 6.45) is 3.85. The summed E-state index contributed by atoms with van der Waals surface area (Å²) < 4.78 is 0. The van der Waals surface area contributed by atoms with Crippen LogP contribution in [0.2, 0.25) is 0 Å². The Balaban J connectivity index is 1.37. The van der Waals surface area contributed by atoms with E-state index in [0.717, 1.165) is 51.9 Å². The molecule has 0 unspecified atom stereocenters. The zero-order valence-electron chi connectivity index (χ0n) is 10.5. The molecule has 6 heteroatoms. The van der Waals surface area contributed by atoms with Crippen LogP contribution in [-0.2, 0) is 0 Å². The standard InChI is InChI=1S/C12H20N4O2/c17-11(15-5-6-15)13-9-1-2-10(4-3-9)14-12(18)16-7-8-16/h9-10H,1-8H2,(H,13,17)(H,14,18). The van der Waals surface area contributed by atoms with Crippen LogP contribution in [0.25, 0.3) is 0 Å². The summed E-state index contributed by atoms with van der Waals surface area (Å²) in [4.78, 5) is 26.7. The van der Waals surface area contributed by atoms with Crippen LogP contribution in [0.5, 0.6) is 0 Å². The lowest BCUT2D eigenvalue weighted by atomic mass is 9.91. The highest BCUT2D eigenvalue weighted by Gasteiger charge is 2.30. The molecule has 0 aromatic rings. The summed E-state index contributed by atoms with van der Waals surface area (Å²) >= 11 is 0. The molecule has 0 aromatic carbocycles. The quantitative estimate of drug-likeness (QED) is 0.696. The van der Waals surface area contributed by atoms with Crippen molar-refractivity contribution in [1.29, 1.82) is 0 Å². The molecule has 0 spiro atoms. The van der Waals surface area contributed by atoms with Gasteiger partial charge in [-0.25, -0.2) is 9.59 Å². The van der Waals surface area contributed by atoms with Crippen LogP contribution in [0.1, 0.15) is 25.7 Å². The van der Waals surface area contributed by atoms with Gasteiger partial charge in [-0.15, -0.1) is 0 Å². The number of nitrogens with zero attached hydrogens (tertiary/aromatic N) is 2. The number of amides is 4. The molecule has 100 valence electrons. The summed E-state index contributed by atoms with van der Waals surface area (Å²) in [5, 5.41) is 6.11. The summed E-state index contributed by atoms with van der Waals surface area (Å²) in [5.74, 6) is 0. The van der Waals surface area contributed by atoms with E-state index in [9.17, 15) is 9.59 Å². The fourth-order valence-corrected chi connectivity index (χ4v) is 2.42. The van der Waals surface area contributed by atoms with E-state index < -0.39 is 0 Å². The van der Waals surface area contributed by atoms with Gasteiger partial charge in [-0.2, -0.15) is 0 Å². The third-order valence-electron chi connectivity index (χ3n) is 3.85. The number of hydrogen-bond acceptors (Lipinski definition) is 2. The second-order valence-corrected chi connectivity index (χ2v) is 5.42. The van der Waals surface area contributed by atoms with Crippen molar-refractivity contribution in [3.63, 3.8) is 0 Å². The fraction of sp³-hybridized carbons (Fsp3) is 0.833. The first kappa shape index (κ1) is 11.6. The average molecular weight is 252 g/mol. The molecule has 0 bridgehead atoms. The number of rotatable bonds is 2. The van der Waals surface area contributed by atoms with Crippen LogP contribution in [0, 0.1) is 0 Å². The highest BCUT2D eigenvalue weighted by molar-refractivity contribution is 5.77. The molecule has 1 saturated carbocycles. The van der Waals surface area contributed by atoms with Gasteiger partial charge in [0, 0.05) is 38.3 Å². The maximum atomic E-state index is 11.6. The third kappa shape index (κ3) is 2.86. The molecule has 0 atom stereocenters. The van der Waals surface area contributed by atoms with Gasteiger partial charge in [0.25, 0.3) is 0 Å². The smallest absolute Gasteiger partial charge is 0.317 e. The molecule has 2 saturated heterocycles. The van der Waals surface area contributed by atoms with Crippen molar-refractivity contribution in [2.45, 2.75) is 37.8 Å². The lowest BCUT2D eigenvalue weighted by molar-refractivity contribution is 0.210. The lowest BCUT2D eigenvalue weighted by Crippen LogP contribution is -2.45. The van der Waals surface area contributed by atoms with Gasteiger partial charge in [-0.1, -0.05) is 0 Å². The van der Waals surface area contributed by atoms with Gasteiger partial charge in [0.15, 0.2) is 0 Å². The van der Waals surface area contributed by atoms with Gasteiger partial charge in [-0.3, -0.25) is 0 Å². The first-order valence-electron chi connectivity index (χ1n) is 6.83. The highest BCUT2D eigenvalue weighted by atomic mass is 16.2. The highest BCUT2D eigenvalue weighted by Crippen LogP contribution is 2.20. The molecule has 1 aliphatic carbocycles. The molecule has 2 aliphatic heterocycles. The van der Waals surface area contributed by atoms with Crippen molar-refractivity contribution >= 4 is 12.1 Å². The van der Waals surface area contributed by atoms with E-state index in [1.807, 2.05) is 0 Å². The van der Waals surface area contributed by atoms with Crippen LogP contribution < -0.4 is 10.6 Å². The predicted octanol–water partition coefficient (Wildman–Crippen LogP) is 0.348. The molecule has 4 amide bonds. The minimum atomic E-state index is 0.0755.